The smallest absolute Gasteiger partial charge is 0.207 e. The molecule has 0 unspecified atom stereocenters. The Morgan fingerprint density at radius 2 is 1.08 bits per heavy atom. The van der Waals surface area contributed by atoms with E-state index in [-0.39, 0.29) is 5.54 Å². The Morgan fingerprint density at radius 1 is 0.720 bits per heavy atom. The second-order valence-electron chi connectivity index (χ2n) is 9.26. The summed E-state index contributed by atoms with van der Waals surface area (Å²) >= 11 is 0. The predicted molar refractivity (Wildman–Crippen MR) is 101 cm³/mol. The Labute approximate surface area is 152 Å². The first-order valence-electron chi connectivity index (χ1n) is 9.73. The minimum atomic E-state index is -3.50. The lowest BCUT2D eigenvalue weighted by Crippen LogP contribution is -2.59. The summed E-state index contributed by atoms with van der Waals surface area (Å²) < 4.78 is 30.2. The molecule has 1 aromatic carbocycles. The number of rotatable bonds is 3. The average molecular weight is 362 g/mol. The summed E-state index contributed by atoms with van der Waals surface area (Å²) in [4.78, 5) is 0.531. The minimum Gasteiger partial charge on any atom is -0.207 e. The minimum absolute atomic E-state index is 0.181. The molecule has 0 amide bonds. The molecule has 5 rings (SSSR count). The average Bonchev–Trinajstić information content (AvgIpc) is 2.48. The Bertz CT molecular complexity index is 774. The van der Waals surface area contributed by atoms with Crippen molar-refractivity contribution in [2.24, 2.45) is 17.8 Å². The molecule has 0 heterocycles. The molecule has 4 heteroatoms. The maximum Gasteiger partial charge on any atom is 0.241 e. The summed E-state index contributed by atoms with van der Waals surface area (Å²) in [5.41, 5.74) is 5.07. The van der Waals surface area contributed by atoms with Gasteiger partial charge in [-0.2, -0.15) is 0 Å². The van der Waals surface area contributed by atoms with Crippen molar-refractivity contribution in [2.45, 2.75) is 83.6 Å². The molecule has 4 fully saturated rings. The van der Waals surface area contributed by atoms with E-state index in [9.17, 15) is 8.42 Å². The monoisotopic (exact) mass is 361 g/mol. The quantitative estimate of drug-likeness (QED) is 0.863. The van der Waals surface area contributed by atoms with Crippen LogP contribution in [-0.2, 0) is 10.0 Å². The van der Waals surface area contributed by atoms with Gasteiger partial charge in [0.2, 0.25) is 10.0 Å². The molecule has 1 N–H and O–H groups in total. The standard InChI is InChI=1S/C21H31NO2S/c1-12-13(2)15(4)20(16(5)14(12)3)25(23,24)22-21-9-17-6-18(10-21)8-19(7-17)11-21/h17-19,22H,6-11H2,1-5H3. The van der Waals surface area contributed by atoms with E-state index in [0.717, 1.165) is 59.3 Å². The Hall–Kier alpha value is -0.870. The second kappa shape index (κ2) is 5.56. The third kappa shape index (κ3) is 2.68. The Morgan fingerprint density at radius 3 is 1.48 bits per heavy atom. The lowest BCUT2D eigenvalue weighted by molar-refractivity contribution is -0.00811. The van der Waals surface area contributed by atoms with Gasteiger partial charge in [0.25, 0.3) is 0 Å². The van der Waals surface area contributed by atoms with Crippen molar-refractivity contribution in [3.8, 4) is 0 Å². The first-order valence-corrected chi connectivity index (χ1v) is 11.2. The molecule has 0 saturated heterocycles. The van der Waals surface area contributed by atoms with Crippen LogP contribution in [0.1, 0.15) is 66.3 Å². The van der Waals surface area contributed by atoms with Crippen LogP contribution in [0.15, 0.2) is 4.90 Å². The third-order valence-electron chi connectivity index (χ3n) is 7.59. The zero-order valence-electron chi connectivity index (χ0n) is 16.2. The summed E-state index contributed by atoms with van der Waals surface area (Å²) in [5.74, 6) is 2.20. The molecule has 0 aliphatic heterocycles. The molecule has 1 aromatic rings. The summed E-state index contributed by atoms with van der Waals surface area (Å²) in [6.07, 6.45) is 7.09. The molecule has 0 atom stereocenters. The molecule has 25 heavy (non-hydrogen) atoms. The van der Waals surface area contributed by atoms with Gasteiger partial charge in [-0.1, -0.05) is 0 Å². The van der Waals surface area contributed by atoms with Crippen LogP contribution < -0.4 is 4.72 Å². The zero-order chi connectivity index (χ0) is 18.1. The van der Waals surface area contributed by atoms with Gasteiger partial charge in [0.15, 0.2) is 0 Å². The van der Waals surface area contributed by atoms with E-state index < -0.39 is 10.0 Å². The number of hydrogen-bond acceptors (Lipinski definition) is 2. The van der Waals surface area contributed by atoms with Crippen LogP contribution in [-0.4, -0.2) is 14.0 Å². The molecule has 4 aliphatic carbocycles. The highest BCUT2D eigenvalue weighted by molar-refractivity contribution is 7.89. The van der Waals surface area contributed by atoms with Crippen LogP contribution in [0.2, 0.25) is 0 Å². The molecular formula is C21H31NO2S. The van der Waals surface area contributed by atoms with Gasteiger partial charge in [0.05, 0.1) is 4.90 Å². The Balaban J connectivity index is 1.75. The highest BCUT2D eigenvalue weighted by Crippen LogP contribution is 2.56. The fraction of sp³-hybridized carbons (Fsp3) is 0.714. The predicted octanol–water partition coefficient (Wildman–Crippen LogP) is 4.48. The maximum atomic E-state index is 13.5. The van der Waals surface area contributed by atoms with Gasteiger partial charge in [-0.3, -0.25) is 0 Å². The van der Waals surface area contributed by atoms with Gasteiger partial charge in [-0.05, 0) is 119 Å². The van der Waals surface area contributed by atoms with Gasteiger partial charge in [0, 0.05) is 5.54 Å². The van der Waals surface area contributed by atoms with Crippen LogP contribution in [0.5, 0.6) is 0 Å². The fourth-order valence-electron chi connectivity index (χ4n) is 6.44. The normalized spacial score (nSPS) is 33.9. The third-order valence-corrected chi connectivity index (χ3v) is 9.44. The van der Waals surface area contributed by atoms with Crippen molar-refractivity contribution < 1.29 is 8.42 Å². The largest absolute Gasteiger partial charge is 0.241 e. The molecule has 4 saturated carbocycles. The summed E-state index contributed by atoms with van der Waals surface area (Å²) in [6.45, 7) is 10.1. The molecule has 0 spiro atoms. The van der Waals surface area contributed by atoms with Crippen LogP contribution in [0.25, 0.3) is 0 Å². The van der Waals surface area contributed by atoms with E-state index in [1.54, 1.807) is 0 Å². The number of hydrogen-bond donors (Lipinski definition) is 1. The SMILES string of the molecule is Cc1c(C)c(C)c(S(=O)(=O)NC23CC4CC(CC(C4)C2)C3)c(C)c1C. The van der Waals surface area contributed by atoms with E-state index in [0.29, 0.717) is 4.90 Å². The maximum absolute atomic E-state index is 13.5. The first kappa shape index (κ1) is 17.5. The van der Waals surface area contributed by atoms with Crippen molar-refractivity contribution in [1.82, 2.24) is 4.72 Å². The van der Waals surface area contributed by atoms with Crippen molar-refractivity contribution in [3.63, 3.8) is 0 Å². The Kier molecular flexibility index (Phi) is 3.90. The summed E-state index contributed by atoms with van der Waals surface area (Å²) in [5, 5.41) is 0. The molecule has 0 radical (unpaired) electrons. The molecule has 3 nitrogen and oxygen atoms in total. The fourth-order valence-corrected chi connectivity index (χ4v) is 8.47. The van der Waals surface area contributed by atoms with Gasteiger partial charge >= 0.3 is 0 Å². The lowest BCUT2D eigenvalue weighted by atomic mass is 9.53. The van der Waals surface area contributed by atoms with Crippen molar-refractivity contribution >= 4 is 10.0 Å². The van der Waals surface area contributed by atoms with Crippen molar-refractivity contribution in [2.75, 3.05) is 0 Å². The van der Waals surface area contributed by atoms with E-state index in [1.165, 1.54) is 24.8 Å². The van der Waals surface area contributed by atoms with Gasteiger partial charge in [0.1, 0.15) is 0 Å². The summed E-state index contributed by atoms with van der Waals surface area (Å²) in [6, 6.07) is 0. The van der Waals surface area contributed by atoms with Crippen molar-refractivity contribution in [3.05, 3.63) is 27.8 Å². The van der Waals surface area contributed by atoms with Crippen LogP contribution in [0.3, 0.4) is 0 Å². The molecule has 138 valence electrons. The number of benzene rings is 1. The first-order chi connectivity index (χ1) is 11.6. The second-order valence-corrected chi connectivity index (χ2v) is 10.9. The van der Waals surface area contributed by atoms with E-state index in [4.69, 9.17) is 0 Å². The van der Waals surface area contributed by atoms with Gasteiger partial charge < -0.3 is 0 Å². The van der Waals surface area contributed by atoms with Crippen LogP contribution in [0.4, 0.5) is 0 Å². The zero-order valence-corrected chi connectivity index (χ0v) is 17.0. The topological polar surface area (TPSA) is 46.2 Å². The van der Waals surface area contributed by atoms with E-state index >= 15 is 0 Å². The van der Waals surface area contributed by atoms with Crippen molar-refractivity contribution in [1.29, 1.82) is 0 Å². The van der Waals surface area contributed by atoms with E-state index in [1.807, 2.05) is 27.7 Å². The van der Waals surface area contributed by atoms with E-state index in [2.05, 4.69) is 11.6 Å². The number of nitrogens with one attached hydrogen (secondary N) is 1. The van der Waals surface area contributed by atoms with Crippen LogP contribution in [0, 0.1) is 52.4 Å². The number of sulfonamides is 1. The molecular weight excluding hydrogens is 330 g/mol. The molecule has 0 aromatic heterocycles. The molecule has 4 aliphatic rings. The van der Waals surface area contributed by atoms with Crippen LogP contribution >= 0.6 is 0 Å². The highest BCUT2D eigenvalue weighted by Gasteiger charge is 2.52. The van der Waals surface area contributed by atoms with Gasteiger partial charge in [-0.15, -0.1) is 0 Å². The van der Waals surface area contributed by atoms with Gasteiger partial charge in [-0.25, -0.2) is 13.1 Å². The lowest BCUT2D eigenvalue weighted by Gasteiger charge is -2.56. The summed E-state index contributed by atoms with van der Waals surface area (Å²) in [7, 11) is -3.50. The highest BCUT2D eigenvalue weighted by atomic mass is 32.2. The molecule has 4 bridgehead atoms.